The van der Waals surface area contributed by atoms with Crippen LogP contribution in [0.15, 0.2) is 65.8 Å². The van der Waals surface area contributed by atoms with Gasteiger partial charge >= 0.3 is 0 Å². The molecule has 3 saturated heterocycles. The highest BCUT2D eigenvalue weighted by molar-refractivity contribution is 6.07. The molecule has 18 heteroatoms. The van der Waals surface area contributed by atoms with E-state index in [1.165, 1.54) is 26.8 Å². The molecule has 5 aliphatic heterocycles. The average Bonchev–Trinajstić information content (AvgIpc) is 3.96. The van der Waals surface area contributed by atoms with Gasteiger partial charge in [-0.2, -0.15) is 0 Å². The first-order valence-corrected chi connectivity index (χ1v) is 24.5. The Hall–Kier alpha value is -6.76. The SMILES string of the molecule is Cn1cc(-c2ccnc(N3CCn4c(cc5c4CC(C)(C)C5)C3=O)c2CO)cc(Nc2ccc(N3CCC(N4CCN(Cc5cc6c(cc5F)C(=O)N(C5CCC(=O)NC5=O)C6)CC4)CC3)cn2)c1=O. The number of imide groups is 1. The van der Waals surface area contributed by atoms with Crippen LogP contribution in [0.1, 0.15) is 88.3 Å². The molecule has 1 aliphatic carbocycles. The maximum Gasteiger partial charge on any atom is 0.276 e. The lowest BCUT2D eigenvalue weighted by molar-refractivity contribution is -0.136. The molecule has 1 atom stereocenters. The smallest absolute Gasteiger partial charge is 0.276 e. The molecule has 1 aromatic carbocycles. The molecule has 0 spiro atoms. The van der Waals surface area contributed by atoms with Crippen molar-refractivity contribution in [3.63, 3.8) is 0 Å². The highest BCUT2D eigenvalue weighted by Crippen LogP contribution is 2.40. The third-order valence-corrected chi connectivity index (χ3v) is 15.4. The molecule has 9 heterocycles. The highest BCUT2D eigenvalue weighted by Gasteiger charge is 2.41. The fourth-order valence-electron chi connectivity index (χ4n) is 11.8. The molecule has 11 rings (SSSR count). The number of amides is 4. The largest absolute Gasteiger partial charge is 0.392 e. The molecular formula is C52H58FN11O6. The van der Waals surface area contributed by atoms with Gasteiger partial charge in [-0.3, -0.25) is 44.0 Å². The van der Waals surface area contributed by atoms with E-state index in [0.717, 1.165) is 70.6 Å². The number of fused-ring (bicyclic) bond motifs is 4. The van der Waals surface area contributed by atoms with Gasteiger partial charge in [0, 0.05) is 125 Å². The summed E-state index contributed by atoms with van der Waals surface area (Å²) in [6, 6.07) is 12.2. The molecule has 0 saturated carbocycles. The zero-order valence-electron chi connectivity index (χ0n) is 39.8. The van der Waals surface area contributed by atoms with Crippen LogP contribution >= 0.6 is 0 Å². The number of halogens is 1. The van der Waals surface area contributed by atoms with E-state index < -0.39 is 17.8 Å². The molecular weight excluding hydrogens is 894 g/mol. The Bertz CT molecular complexity index is 3010. The second kappa shape index (κ2) is 17.9. The van der Waals surface area contributed by atoms with Gasteiger partial charge in [0.2, 0.25) is 11.8 Å². The Morgan fingerprint density at radius 2 is 1.66 bits per heavy atom. The van der Waals surface area contributed by atoms with E-state index in [1.54, 1.807) is 42.5 Å². The number of rotatable bonds is 10. The number of nitrogens with zero attached hydrogens (tertiary/aromatic N) is 9. The average molecular weight is 952 g/mol. The number of piperazine rings is 1. The molecule has 4 aromatic heterocycles. The maximum absolute atomic E-state index is 15.4. The second-order valence-electron chi connectivity index (χ2n) is 20.6. The summed E-state index contributed by atoms with van der Waals surface area (Å²) in [6.45, 7) is 11.0. The Kier molecular flexibility index (Phi) is 11.7. The van der Waals surface area contributed by atoms with Crippen LogP contribution in [0, 0.1) is 11.2 Å². The number of aromatic nitrogens is 4. The van der Waals surface area contributed by atoms with Crippen molar-refractivity contribution in [3.8, 4) is 11.1 Å². The third kappa shape index (κ3) is 8.34. The maximum atomic E-state index is 15.4. The summed E-state index contributed by atoms with van der Waals surface area (Å²) in [6.07, 6.45) is 9.49. The first kappa shape index (κ1) is 45.7. The number of aliphatic hydroxyl groups excluding tert-OH is 1. The van der Waals surface area contributed by atoms with Crippen LogP contribution in [-0.2, 0) is 55.7 Å². The summed E-state index contributed by atoms with van der Waals surface area (Å²) in [4.78, 5) is 84.3. The summed E-state index contributed by atoms with van der Waals surface area (Å²) in [5, 5.41) is 16.3. The van der Waals surface area contributed by atoms with Gasteiger partial charge in [0.15, 0.2) is 0 Å². The van der Waals surface area contributed by atoms with Crippen LogP contribution in [0.4, 0.5) is 27.4 Å². The van der Waals surface area contributed by atoms with E-state index in [2.05, 4.69) is 48.7 Å². The van der Waals surface area contributed by atoms with Crippen molar-refractivity contribution in [2.45, 2.75) is 90.7 Å². The number of aryl methyl sites for hydroxylation is 1. The Balaban J connectivity index is 0.692. The molecule has 0 radical (unpaired) electrons. The third-order valence-electron chi connectivity index (χ3n) is 15.4. The molecule has 3 fully saturated rings. The molecule has 3 N–H and O–H groups in total. The summed E-state index contributed by atoms with van der Waals surface area (Å²) in [5.74, 6) is -0.831. The molecule has 1 unspecified atom stereocenters. The van der Waals surface area contributed by atoms with E-state index in [-0.39, 0.29) is 60.3 Å². The molecule has 17 nitrogen and oxygen atoms in total. The highest BCUT2D eigenvalue weighted by atomic mass is 19.1. The molecule has 70 heavy (non-hydrogen) atoms. The monoisotopic (exact) mass is 951 g/mol. The minimum atomic E-state index is -0.736. The van der Waals surface area contributed by atoms with Gasteiger partial charge < -0.3 is 29.4 Å². The van der Waals surface area contributed by atoms with Crippen molar-refractivity contribution < 1.29 is 28.7 Å². The number of hydrogen-bond acceptors (Lipinski definition) is 12. The normalized spacial score (nSPS) is 20.8. The fraction of sp³-hybridized carbons (Fsp3) is 0.442. The van der Waals surface area contributed by atoms with Gasteiger partial charge in [-0.05, 0) is 96.7 Å². The van der Waals surface area contributed by atoms with Crippen molar-refractivity contribution in [2.24, 2.45) is 12.5 Å². The first-order chi connectivity index (χ1) is 33.7. The minimum absolute atomic E-state index is 0.135. The molecule has 5 aromatic rings. The van der Waals surface area contributed by atoms with E-state index >= 15 is 4.39 Å². The molecule has 0 bridgehead atoms. The van der Waals surface area contributed by atoms with Gasteiger partial charge in [0.25, 0.3) is 17.4 Å². The van der Waals surface area contributed by atoms with E-state index in [4.69, 9.17) is 4.98 Å². The van der Waals surface area contributed by atoms with Crippen LogP contribution in [0.2, 0.25) is 0 Å². The Labute approximate surface area is 404 Å². The Morgan fingerprint density at radius 3 is 2.40 bits per heavy atom. The van der Waals surface area contributed by atoms with Gasteiger partial charge in [-0.15, -0.1) is 0 Å². The van der Waals surface area contributed by atoms with Gasteiger partial charge in [0.05, 0.1) is 18.5 Å². The summed E-state index contributed by atoms with van der Waals surface area (Å²) >= 11 is 0. The number of nitrogens with one attached hydrogen (secondary N) is 2. The van der Waals surface area contributed by atoms with Crippen molar-refractivity contribution in [1.29, 1.82) is 0 Å². The van der Waals surface area contributed by atoms with Crippen molar-refractivity contribution in [2.75, 3.05) is 60.9 Å². The van der Waals surface area contributed by atoms with Crippen LogP contribution in [-0.4, -0.2) is 120 Å². The van der Waals surface area contributed by atoms with Crippen LogP contribution in [0.5, 0.6) is 0 Å². The minimum Gasteiger partial charge on any atom is -0.392 e. The topological polar surface area (TPSA) is 181 Å². The van der Waals surface area contributed by atoms with E-state index in [0.29, 0.717) is 76.5 Å². The lowest BCUT2D eigenvalue weighted by atomic mass is 9.90. The summed E-state index contributed by atoms with van der Waals surface area (Å²) in [7, 11) is 1.68. The standard InChI is InChI=1S/C52H58FN11O6/c1-52(2)24-31-22-43-51(70)63(19-18-62(43)44(31)25-52)47-39(30-65)37(8-11-54-47)33-21-41(50(69)58(3)27-33)56-45-6-4-36(26-55-45)60-12-9-35(10-13-60)61-16-14-59(15-17-61)28-34-20-32-29-64(49(68)38(32)23-40(34)53)42-5-7-46(66)57-48(42)67/h4,6,8,11,20-23,26-27,35,42,65H,5,7,9-10,12-19,24-25,28-30H2,1-3H3,(H,55,56)(H,57,66,67). The Morgan fingerprint density at radius 1 is 0.857 bits per heavy atom. The number of pyridine rings is 3. The van der Waals surface area contributed by atoms with Crippen LogP contribution < -0.4 is 26.0 Å². The van der Waals surface area contributed by atoms with Gasteiger partial charge in [0.1, 0.15) is 34.9 Å². The number of anilines is 4. The van der Waals surface area contributed by atoms with Crippen molar-refractivity contribution in [3.05, 3.63) is 116 Å². The lowest BCUT2D eigenvalue weighted by Gasteiger charge is -2.43. The lowest BCUT2D eigenvalue weighted by Crippen LogP contribution is -2.53. The number of piperidine rings is 2. The fourth-order valence-corrected chi connectivity index (χ4v) is 11.8. The summed E-state index contributed by atoms with van der Waals surface area (Å²) in [5.41, 5.74) is 7.77. The van der Waals surface area contributed by atoms with Gasteiger partial charge in [-0.1, -0.05) is 13.8 Å². The quantitative estimate of drug-likeness (QED) is 0.169. The number of benzene rings is 1. The molecule has 364 valence electrons. The predicted molar refractivity (Wildman–Crippen MR) is 260 cm³/mol. The van der Waals surface area contributed by atoms with Crippen LogP contribution in [0.25, 0.3) is 11.1 Å². The summed E-state index contributed by atoms with van der Waals surface area (Å²) < 4.78 is 19.1. The predicted octanol–water partition coefficient (Wildman–Crippen LogP) is 4.35. The zero-order valence-corrected chi connectivity index (χ0v) is 39.8. The zero-order chi connectivity index (χ0) is 48.6. The number of aliphatic hydroxyl groups is 1. The molecule has 4 amide bonds. The van der Waals surface area contributed by atoms with Crippen LogP contribution in [0.3, 0.4) is 0 Å². The van der Waals surface area contributed by atoms with E-state index in [9.17, 15) is 29.1 Å². The van der Waals surface area contributed by atoms with Crippen molar-refractivity contribution in [1.82, 2.24) is 39.1 Å². The molecule has 6 aliphatic rings. The number of carbonyl (C=O) groups excluding carboxylic acids is 4. The van der Waals surface area contributed by atoms with E-state index in [1.807, 2.05) is 24.4 Å². The second-order valence-corrected chi connectivity index (χ2v) is 20.6. The number of hydrogen-bond donors (Lipinski definition) is 3. The first-order valence-electron chi connectivity index (χ1n) is 24.5. The van der Waals surface area contributed by atoms with Crippen molar-refractivity contribution >= 4 is 46.6 Å². The number of carbonyl (C=O) groups is 4. The van der Waals surface area contributed by atoms with Gasteiger partial charge in [-0.25, -0.2) is 14.4 Å².